The summed E-state index contributed by atoms with van der Waals surface area (Å²) in [6, 6.07) is 7.17. The summed E-state index contributed by atoms with van der Waals surface area (Å²) in [7, 11) is 0. The largest absolute Gasteiger partial charge is 0.384 e. The molecule has 0 spiro atoms. The van der Waals surface area contributed by atoms with E-state index in [9.17, 15) is 0 Å². The Morgan fingerprint density at radius 1 is 1.31 bits per heavy atom. The van der Waals surface area contributed by atoms with E-state index in [2.05, 4.69) is 37.9 Å². The van der Waals surface area contributed by atoms with E-state index in [1.54, 1.807) is 18.3 Å². The number of nitrogens with two attached hydrogens (primary N) is 1. The predicted molar refractivity (Wildman–Crippen MR) is 73.9 cm³/mol. The molecule has 0 atom stereocenters. The number of nitrogens with zero attached hydrogens (tertiary/aromatic N) is 2. The minimum Gasteiger partial charge on any atom is -0.384 e. The number of rotatable bonds is 2. The van der Waals surface area contributed by atoms with Crippen molar-refractivity contribution < 1.29 is 0 Å². The molecule has 0 radical (unpaired) electrons. The molecule has 0 aliphatic rings. The predicted octanol–water partition coefficient (Wildman–Crippen LogP) is 3.06. The molecule has 0 aliphatic carbocycles. The summed E-state index contributed by atoms with van der Waals surface area (Å²) in [4.78, 5) is 8.11. The first-order chi connectivity index (χ1) is 7.65. The Balaban J connectivity index is 2.27. The summed E-state index contributed by atoms with van der Waals surface area (Å²) >= 11 is 8.05. The van der Waals surface area contributed by atoms with Gasteiger partial charge >= 0.3 is 0 Å². The second kappa shape index (κ2) is 4.84. The Morgan fingerprint density at radius 2 is 2.12 bits per heavy atom. The summed E-state index contributed by atoms with van der Waals surface area (Å²) in [5.41, 5.74) is 6.46. The third kappa shape index (κ3) is 2.73. The van der Waals surface area contributed by atoms with E-state index < -0.39 is 0 Å². The lowest BCUT2D eigenvalue weighted by atomic mass is 10.3. The van der Waals surface area contributed by atoms with E-state index in [0.29, 0.717) is 16.8 Å². The van der Waals surface area contributed by atoms with Crippen molar-refractivity contribution in [1.29, 1.82) is 0 Å². The molecule has 0 fully saturated rings. The van der Waals surface area contributed by atoms with Gasteiger partial charge in [-0.3, -0.25) is 0 Å². The van der Waals surface area contributed by atoms with Crippen LogP contribution in [0.2, 0.25) is 5.02 Å². The molecule has 6 heteroatoms. The Morgan fingerprint density at radius 3 is 2.81 bits per heavy atom. The maximum absolute atomic E-state index is 5.86. The van der Waals surface area contributed by atoms with Gasteiger partial charge in [0.2, 0.25) is 5.95 Å². The van der Waals surface area contributed by atoms with Crippen molar-refractivity contribution in [2.45, 2.75) is 0 Å². The highest BCUT2D eigenvalue weighted by Gasteiger charge is 2.02. The van der Waals surface area contributed by atoms with Crippen LogP contribution >= 0.6 is 34.2 Å². The summed E-state index contributed by atoms with van der Waals surface area (Å²) in [5.74, 6) is 0.904. The molecule has 0 saturated carbocycles. The van der Waals surface area contributed by atoms with E-state index in [0.717, 1.165) is 9.26 Å². The fraction of sp³-hybridized carbons (Fsp3) is 0. The van der Waals surface area contributed by atoms with Crippen LogP contribution in [0.25, 0.3) is 0 Å². The molecule has 3 N–H and O–H groups in total. The zero-order chi connectivity index (χ0) is 11.5. The maximum Gasteiger partial charge on any atom is 0.229 e. The second-order valence-corrected chi connectivity index (χ2v) is 4.65. The normalized spacial score (nSPS) is 10.1. The molecule has 4 nitrogen and oxygen atoms in total. The molecule has 1 heterocycles. The standard InChI is InChI=1S/C10H8ClIN4/c11-6-1-2-8(7(12)5-6)15-10-14-4-3-9(13)16-10/h1-5H,(H3,13,14,15,16). The fourth-order valence-corrected chi connectivity index (χ4v) is 2.15. The van der Waals surface area contributed by atoms with Crippen LogP contribution in [-0.4, -0.2) is 9.97 Å². The van der Waals surface area contributed by atoms with Crippen LogP contribution in [0.3, 0.4) is 0 Å². The van der Waals surface area contributed by atoms with E-state index in [1.165, 1.54) is 0 Å². The second-order valence-electron chi connectivity index (χ2n) is 3.05. The third-order valence-electron chi connectivity index (χ3n) is 1.85. The number of halogens is 2. The van der Waals surface area contributed by atoms with Gasteiger partial charge in [0.25, 0.3) is 0 Å². The van der Waals surface area contributed by atoms with Crippen molar-refractivity contribution in [3.8, 4) is 0 Å². The van der Waals surface area contributed by atoms with Crippen molar-refractivity contribution in [3.05, 3.63) is 39.1 Å². The maximum atomic E-state index is 5.86. The van der Waals surface area contributed by atoms with Crippen LogP contribution in [0.1, 0.15) is 0 Å². The van der Waals surface area contributed by atoms with Crippen molar-refractivity contribution in [2.75, 3.05) is 11.1 Å². The van der Waals surface area contributed by atoms with Gasteiger partial charge in [-0.15, -0.1) is 0 Å². The molecule has 2 rings (SSSR count). The zero-order valence-electron chi connectivity index (χ0n) is 8.11. The minimum atomic E-state index is 0.432. The molecular formula is C10H8ClIN4. The van der Waals surface area contributed by atoms with Gasteiger partial charge in [0.05, 0.1) is 5.69 Å². The molecule has 1 aromatic heterocycles. The van der Waals surface area contributed by atoms with E-state index in [-0.39, 0.29) is 0 Å². The lowest BCUT2D eigenvalue weighted by Gasteiger charge is -2.07. The molecule has 2 aromatic rings. The Bertz CT molecular complexity index is 518. The van der Waals surface area contributed by atoms with Gasteiger partial charge in [-0.25, -0.2) is 4.98 Å². The van der Waals surface area contributed by atoms with Crippen LogP contribution in [0, 0.1) is 3.57 Å². The molecule has 0 saturated heterocycles. The monoisotopic (exact) mass is 346 g/mol. The first-order valence-corrected chi connectivity index (χ1v) is 5.91. The van der Waals surface area contributed by atoms with Gasteiger partial charge in [-0.05, 0) is 46.9 Å². The topological polar surface area (TPSA) is 63.8 Å². The van der Waals surface area contributed by atoms with Crippen LogP contribution in [-0.2, 0) is 0 Å². The van der Waals surface area contributed by atoms with Crippen molar-refractivity contribution in [1.82, 2.24) is 9.97 Å². The fourth-order valence-electron chi connectivity index (χ4n) is 1.14. The molecule has 82 valence electrons. The number of hydrogen-bond acceptors (Lipinski definition) is 4. The van der Waals surface area contributed by atoms with Crippen molar-refractivity contribution in [3.63, 3.8) is 0 Å². The number of anilines is 3. The number of benzene rings is 1. The van der Waals surface area contributed by atoms with Crippen LogP contribution in [0.5, 0.6) is 0 Å². The van der Waals surface area contributed by atoms with Crippen LogP contribution in [0.15, 0.2) is 30.5 Å². The SMILES string of the molecule is Nc1ccnc(Nc2ccc(Cl)cc2I)n1. The number of nitrogen functional groups attached to an aromatic ring is 1. The Labute approximate surface area is 111 Å². The lowest BCUT2D eigenvalue weighted by molar-refractivity contribution is 1.17. The smallest absolute Gasteiger partial charge is 0.229 e. The number of hydrogen-bond donors (Lipinski definition) is 2. The van der Waals surface area contributed by atoms with Gasteiger partial charge in [-0.2, -0.15) is 4.98 Å². The lowest BCUT2D eigenvalue weighted by Crippen LogP contribution is -2.00. The Hall–Kier alpha value is -1.08. The molecule has 16 heavy (non-hydrogen) atoms. The number of aromatic nitrogens is 2. The van der Waals surface area contributed by atoms with E-state index >= 15 is 0 Å². The number of nitrogens with one attached hydrogen (secondary N) is 1. The van der Waals surface area contributed by atoms with Gasteiger partial charge < -0.3 is 11.1 Å². The average Bonchev–Trinajstić information content (AvgIpc) is 2.22. The van der Waals surface area contributed by atoms with Crippen LogP contribution < -0.4 is 11.1 Å². The highest BCUT2D eigenvalue weighted by atomic mass is 127. The van der Waals surface area contributed by atoms with E-state index in [4.69, 9.17) is 17.3 Å². The molecule has 0 amide bonds. The first kappa shape index (κ1) is 11.4. The molecule has 0 unspecified atom stereocenters. The minimum absolute atomic E-state index is 0.432. The van der Waals surface area contributed by atoms with E-state index in [1.807, 2.05) is 12.1 Å². The third-order valence-corrected chi connectivity index (χ3v) is 2.98. The molecule has 0 bridgehead atoms. The average molecular weight is 347 g/mol. The molecular weight excluding hydrogens is 338 g/mol. The molecule has 0 aliphatic heterocycles. The van der Waals surface area contributed by atoms with Gasteiger partial charge in [0, 0.05) is 14.8 Å². The summed E-state index contributed by atoms with van der Waals surface area (Å²) in [5, 5.41) is 3.77. The first-order valence-electron chi connectivity index (χ1n) is 4.46. The highest BCUT2D eigenvalue weighted by Crippen LogP contribution is 2.24. The van der Waals surface area contributed by atoms with Crippen molar-refractivity contribution in [2.24, 2.45) is 0 Å². The molecule has 1 aromatic carbocycles. The van der Waals surface area contributed by atoms with Gasteiger partial charge in [0.1, 0.15) is 5.82 Å². The summed E-state index contributed by atoms with van der Waals surface area (Å²) < 4.78 is 0.996. The zero-order valence-corrected chi connectivity index (χ0v) is 11.0. The van der Waals surface area contributed by atoms with Gasteiger partial charge in [0.15, 0.2) is 0 Å². The quantitative estimate of drug-likeness (QED) is 0.820. The highest BCUT2D eigenvalue weighted by molar-refractivity contribution is 14.1. The van der Waals surface area contributed by atoms with Crippen LogP contribution in [0.4, 0.5) is 17.5 Å². The summed E-state index contributed by atoms with van der Waals surface area (Å²) in [6.07, 6.45) is 1.60. The van der Waals surface area contributed by atoms with Gasteiger partial charge in [-0.1, -0.05) is 11.6 Å². The van der Waals surface area contributed by atoms with Crippen molar-refractivity contribution >= 4 is 51.6 Å². The summed E-state index contributed by atoms with van der Waals surface area (Å²) in [6.45, 7) is 0. The Kier molecular flexibility index (Phi) is 3.45.